The van der Waals surface area contributed by atoms with E-state index in [2.05, 4.69) is 5.73 Å². The van der Waals surface area contributed by atoms with Crippen LogP contribution in [0.5, 0.6) is 5.75 Å². The van der Waals surface area contributed by atoms with E-state index in [0.29, 0.717) is 10.6 Å². The first kappa shape index (κ1) is 19.9. The molecule has 1 fully saturated rings. The molecule has 8 heteroatoms. The van der Waals surface area contributed by atoms with Crippen molar-refractivity contribution >= 4 is 29.1 Å². The van der Waals surface area contributed by atoms with Crippen LogP contribution < -0.4 is 5.73 Å². The van der Waals surface area contributed by atoms with Crippen LogP contribution in [0.15, 0.2) is 40.1 Å². The van der Waals surface area contributed by atoms with Crippen molar-refractivity contribution in [1.82, 2.24) is 0 Å². The molecule has 2 aromatic carbocycles. The number of rotatable bonds is 3. The summed E-state index contributed by atoms with van der Waals surface area (Å²) >= 11 is 6.70. The molecule has 0 bridgehead atoms. The molecule has 25 heavy (non-hydrogen) atoms. The molecule has 0 radical (unpaired) electrons. The average Bonchev–Trinajstić information content (AvgIpc) is 3.38. The van der Waals surface area contributed by atoms with Crippen molar-refractivity contribution in [3.63, 3.8) is 0 Å². The van der Waals surface area contributed by atoms with E-state index in [0.717, 1.165) is 43.3 Å². The van der Waals surface area contributed by atoms with Crippen LogP contribution in [-0.2, 0) is 6.18 Å². The van der Waals surface area contributed by atoms with Gasteiger partial charge in [-0.3, -0.25) is 0 Å². The van der Waals surface area contributed by atoms with E-state index in [4.69, 9.17) is 16.7 Å². The third-order valence-electron chi connectivity index (χ3n) is 3.68. The molecule has 1 saturated carbocycles. The highest BCUT2D eigenvalue weighted by atomic mass is 35.5. The first-order chi connectivity index (χ1) is 11.8. The quantitative estimate of drug-likeness (QED) is 0.716. The van der Waals surface area contributed by atoms with Crippen molar-refractivity contribution in [2.45, 2.75) is 34.7 Å². The summed E-state index contributed by atoms with van der Waals surface area (Å²) in [6.07, 6.45) is -2.51. The van der Waals surface area contributed by atoms with Crippen molar-refractivity contribution in [3.8, 4) is 5.75 Å². The van der Waals surface area contributed by atoms with Gasteiger partial charge in [0, 0.05) is 33.6 Å². The molecule has 0 unspecified atom stereocenters. The molecule has 3 nitrogen and oxygen atoms in total. The number of aliphatic hydroxyl groups is 1. The Hall–Kier alpha value is -1.41. The fourth-order valence-electron chi connectivity index (χ4n) is 2.39. The zero-order valence-corrected chi connectivity index (χ0v) is 15.0. The number of hydrogen-bond donors (Lipinski definition) is 3. The van der Waals surface area contributed by atoms with E-state index in [1.807, 2.05) is 0 Å². The minimum Gasteiger partial charge on any atom is -0.503 e. The minimum atomic E-state index is -4.48. The number of hydrogen-bond acceptors (Lipinski definition) is 3. The number of quaternary nitrogens is 1. The molecular formula is C17H18ClF3NO2S+. The molecule has 136 valence electrons. The fourth-order valence-corrected chi connectivity index (χ4v) is 3.63. The van der Waals surface area contributed by atoms with Crippen molar-refractivity contribution in [1.29, 1.82) is 0 Å². The first-order valence-electron chi connectivity index (χ1n) is 7.44. The lowest BCUT2D eigenvalue weighted by molar-refractivity contribution is -0.256. The summed E-state index contributed by atoms with van der Waals surface area (Å²) < 4.78 is 39.5. The molecule has 0 spiro atoms. The monoisotopic (exact) mass is 392 g/mol. The predicted octanol–water partition coefficient (Wildman–Crippen LogP) is 4.57. The molecule has 0 amide bonds. The Balaban J connectivity index is 0.00000109. The summed E-state index contributed by atoms with van der Waals surface area (Å²) in [5, 5.41) is 17.1. The van der Waals surface area contributed by atoms with Crippen LogP contribution in [0.4, 0.5) is 18.9 Å². The molecule has 0 heterocycles. The van der Waals surface area contributed by atoms with E-state index in [-0.39, 0.29) is 21.6 Å². The van der Waals surface area contributed by atoms with Crippen LogP contribution in [-0.4, -0.2) is 17.3 Å². The van der Waals surface area contributed by atoms with Gasteiger partial charge in [-0.05, 0) is 43.0 Å². The first-order valence-corrected chi connectivity index (χ1v) is 8.63. The van der Waals surface area contributed by atoms with Gasteiger partial charge in [0.25, 0.3) is 0 Å². The van der Waals surface area contributed by atoms with Gasteiger partial charge in [-0.2, -0.15) is 13.2 Å². The Morgan fingerprint density at radius 2 is 1.80 bits per heavy atom. The van der Waals surface area contributed by atoms with Crippen LogP contribution in [0.2, 0.25) is 5.02 Å². The Bertz CT molecular complexity index is 764. The lowest BCUT2D eigenvalue weighted by Crippen LogP contribution is -2.40. The lowest BCUT2D eigenvalue weighted by atomic mass is 10.1. The van der Waals surface area contributed by atoms with Crippen molar-refractivity contribution < 1.29 is 29.1 Å². The maximum atomic E-state index is 13.2. The Morgan fingerprint density at radius 1 is 1.16 bits per heavy atom. The van der Waals surface area contributed by atoms with Crippen LogP contribution in [0.1, 0.15) is 29.9 Å². The molecule has 3 rings (SSSR count). The third kappa shape index (κ3) is 4.82. The summed E-state index contributed by atoms with van der Waals surface area (Å²) in [6.45, 7) is 0. The predicted molar refractivity (Wildman–Crippen MR) is 91.3 cm³/mol. The van der Waals surface area contributed by atoms with E-state index in [9.17, 15) is 18.3 Å². The highest BCUT2D eigenvalue weighted by Gasteiger charge is 2.34. The van der Waals surface area contributed by atoms with Crippen LogP contribution >= 0.6 is 23.4 Å². The largest absolute Gasteiger partial charge is 0.503 e. The highest BCUT2D eigenvalue weighted by molar-refractivity contribution is 7.99. The highest BCUT2D eigenvalue weighted by Crippen LogP contribution is 2.48. The van der Waals surface area contributed by atoms with Crippen molar-refractivity contribution in [3.05, 3.63) is 46.5 Å². The smallest absolute Gasteiger partial charge is 0.417 e. The molecule has 0 atom stereocenters. The summed E-state index contributed by atoms with van der Waals surface area (Å²) in [4.78, 5) is 0.705. The summed E-state index contributed by atoms with van der Waals surface area (Å²) in [7, 11) is 1.00. The zero-order valence-electron chi connectivity index (χ0n) is 13.4. The Morgan fingerprint density at radius 3 is 2.36 bits per heavy atom. The second-order valence-electron chi connectivity index (χ2n) is 5.53. The summed E-state index contributed by atoms with van der Waals surface area (Å²) in [6, 6.07) is 7.08. The van der Waals surface area contributed by atoms with Gasteiger partial charge >= 0.3 is 6.18 Å². The van der Waals surface area contributed by atoms with Gasteiger partial charge in [-0.1, -0.05) is 23.4 Å². The summed E-state index contributed by atoms with van der Waals surface area (Å²) in [5.74, 6) is 0.423. The van der Waals surface area contributed by atoms with Gasteiger partial charge in [0.15, 0.2) is 11.4 Å². The number of aromatic hydroxyl groups is 1. The van der Waals surface area contributed by atoms with Crippen LogP contribution in [0.25, 0.3) is 0 Å². The molecule has 0 aliphatic heterocycles. The standard InChI is InChI=1S/C16H13ClF3NOS.CH4O/c17-9-3-4-14(12(5-9)16(18,19)20)23-10-6-11(8-1-2-8)15(22)13(21)7-10;1-2/h3-8,22H,1-2,21H2;2H,1H3/p+1. The third-order valence-corrected chi connectivity index (χ3v) is 4.97. The second kappa shape index (κ2) is 7.86. The van der Waals surface area contributed by atoms with E-state index >= 15 is 0 Å². The van der Waals surface area contributed by atoms with E-state index < -0.39 is 11.7 Å². The van der Waals surface area contributed by atoms with Gasteiger partial charge in [0.05, 0.1) is 5.56 Å². The number of benzene rings is 2. The van der Waals surface area contributed by atoms with Gasteiger partial charge in [0.2, 0.25) is 0 Å². The molecule has 1 aliphatic carbocycles. The fraction of sp³-hybridized carbons (Fsp3) is 0.294. The number of aliphatic hydroxyl groups excluding tert-OH is 1. The van der Waals surface area contributed by atoms with Crippen LogP contribution in [0.3, 0.4) is 0 Å². The molecule has 0 saturated heterocycles. The average molecular weight is 393 g/mol. The number of halogens is 4. The summed E-state index contributed by atoms with van der Waals surface area (Å²) in [5.41, 5.74) is 4.21. The van der Waals surface area contributed by atoms with Crippen LogP contribution in [0, 0.1) is 0 Å². The SMILES string of the molecule is CO.[NH3+]c1cc(Sc2ccc(Cl)cc2C(F)(F)F)cc(C2CC2)c1O. The Labute approximate surface area is 152 Å². The Kier molecular flexibility index (Phi) is 6.26. The topological polar surface area (TPSA) is 68.1 Å². The van der Waals surface area contributed by atoms with Crippen molar-refractivity contribution in [2.75, 3.05) is 7.11 Å². The van der Waals surface area contributed by atoms with E-state index in [1.54, 1.807) is 12.1 Å². The zero-order chi connectivity index (χ0) is 18.8. The number of alkyl halides is 3. The molecule has 1 aliphatic rings. The van der Waals surface area contributed by atoms with Gasteiger partial charge in [0.1, 0.15) is 0 Å². The number of phenolic OH excluding ortho intramolecular Hbond substituents is 1. The molecule has 5 N–H and O–H groups in total. The van der Waals surface area contributed by atoms with Gasteiger partial charge in [-0.25, -0.2) is 0 Å². The van der Waals surface area contributed by atoms with E-state index in [1.165, 1.54) is 12.1 Å². The molecule has 2 aromatic rings. The van der Waals surface area contributed by atoms with Gasteiger partial charge in [-0.15, -0.1) is 0 Å². The molecule has 0 aromatic heterocycles. The van der Waals surface area contributed by atoms with Crippen molar-refractivity contribution in [2.24, 2.45) is 0 Å². The second-order valence-corrected chi connectivity index (χ2v) is 7.09. The van der Waals surface area contributed by atoms with Gasteiger partial charge < -0.3 is 15.9 Å². The normalized spacial score (nSPS) is 14.0. The molecular weight excluding hydrogens is 375 g/mol. The maximum Gasteiger partial charge on any atom is 0.417 e. The lowest BCUT2D eigenvalue weighted by Gasteiger charge is -2.14. The number of phenols is 1. The minimum absolute atomic E-state index is 0.0453. The maximum absolute atomic E-state index is 13.2.